The van der Waals surface area contributed by atoms with E-state index in [1.165, 1.54) is 49.8 Å². The Morgan fingerprint density at radius 1 is 0.903 bits per heavy atom. The molecule has 0 spiro atoms. The van der Waals surface area contributed by atoms with Gasteiger partial charge in [0, 0.05) is 11.1 Å². The van der Waals surface area contributed by atoms with Gasteiger partial charge >= 0.3 is 0 Å². The van der Waals surface area contributed by atoms with E-state index in [0.29, 0.717) is 11.8 Å². The molecule has 0 saturated heterocycles. The van der Waals surface area contributed by atoms with Gasteiger partial charge in [0.25, 0.3) is 5.65 Å². The molecular formula is C28H32N3+. The number of hydrogen-bond acceptors (Lipinski definition) is 1. The number of benzene rings is 2. The van der Waals surface area contributed by atoms with Gasteiger partial charge in [-0.1, -0.05) is 45.9 Å². The molecular weight excluding hydrogens is 378 g/mol. The standard InChI is InChI=1S/C28H32N3/c1-17(2)13-20-11-12-24-25(16-20)30(6)28-26-19(5)15-21(14-18(3)4)29-27(26)22-9-7-8-10-23(22)31(24)28/h7-12,15-18H,13-14H2,1-6H3/q+1. The Bertz CT molecular complexity index is 1450. The summed E-state index contributed by atoms with van der Waals surface area (Å²) in [6.45, 7) is 11.3. The summed E-state index contributed by atoms with van der Waals surface area (Å²) in [5.74, 6) is 1.23. The van der Waals surface area contributed by atoms with Crippen LogP contribution in [-0.2, 0) is 19.9 Å². The zero-order chi connectivity index (χ0) is 21.9. The molecule has 0 radical (unpaired) electrons. The van der Waals surface area contributed by atoms with E-state index in [2.05, 4.69) is 99.2 Å². The zero-order valence-electron chi connectivity index (χ0n) is 19.5. The fraction of sp³-hybridized carbons (Fsp3) is 0.357. The highest BCUT2D eigenvalue weighted by Gasteiger charge is 2.25. The minimum absolute atomic E-state index is 0.589. The highest BCUT2D eigenvalue weighted by Crippen LogP contribution is 2.31. The van der Waals surface area contributed by atoms with Gasteiger partial charge < -0.3 is 0 Å². The summed E-state index contributed by atoms with van der Waals surface area (Å²) in [5, 5.41) is 2.48. The number of aryl methyl sites for hydroxylation is 2. The van der Waals surface area contributed by atoms with Crippen LogP contribution in [0.3, 0.4) is 0 Å². The maximum absolute atomic E-state index is 5.20. The lowest BCUT2D eigenvalue weighted by Crippen LogP contribution is -2.23. The van der Waals surface area contributed by atoms with Crippen molar-refractivity contribution in [2.75, 3.05) is 0 Å². The van der Waals surface area contributed by atoms with Crippen molar-refractivity contribution in [1.29, 1.82) is 0 Å². The molecule has 3 nitrogen and oxygen atoms in total. The first-order valence-corrected chi connectivity index (χ1v) is 11.5. The van der Waals surface area contributed by atoms with Crippen LogP contribution >= 0.6 is 0 Å². The fourth-order valence-corrected chi connectivity index (χ4v) is 5.14. The summed E-state index contributed by atoms with van der Waals surface area (Å²) in [5.41, 5.74) is 10.0. The van der Waals surface area contributed by atoms with Crippen molar-refractivity contribution in [3.8, 4) is 0 Å². The SMILES string of the molecule is Cc1cc(CC(C)C)nc2c3ccccc3[n+]3c4ccc(CC(C)C)cc4n(C)c3c12. The van der Waals surface area contributed by atoms with Gasteiger partial charge in [-0.3, -0.25) is 4.98 Å². The van der Waals surface area contributed by atoms with Gasteiger partial charge in [-0.25, -0.2) is 4.57 Å². The Kier molecular flexibility index (Phi) is 4.73. The fourth-order valence-electron chi connectivity index (χ4n) is 5.14. The summed E-state index contributed by atoms with van der Waals surface area (Å²) >= 11 is 0. The van der Waals surface area contributed by atoms with E-state index in [9.17, 15) is 0 Å². The molecule has 3 aromatic heterocycles. The van der Waals surface area contributed by atoms with E-state index in [1.807, 2.05) is 0 Å². The first-order chi connectivity index (χ1) is 14.8. The number of aromatic nitrogens is 3. The molecule has 0 N–H and O–H groups in total. The average molecular weight is 411 g/mol. The lowest BCUT2D eigenvalue weighted by Gasteiger charge is -2.10. The summed E-state index contributed by atoms with van der Waals surface area (Å²) in [6, 6.07) is 18.0. The van der Waals surface area contributed by atoms with Gasteiger partial charge in [-0.05, 0) is 73.1 Å². The smallest absolute Gasteiger partial charge is 0.252 e. The molecule has 0 atom stereocenters. The molecule has 31 heavy (non-hydrogen) atoms. The lowest BCUT2D eigenvalue weighted by atomic mass is 10.0. The number of imidazole rings is 1. The molecule has 0 bridgehead atoms. The van der Waals surface area contributed by atoms with Crippen LogP contribution in [0.15, 0.2) is 48.5 Å². The largest absolute Gasteiger partial charge is 0.297 e. The van der Waals surface area contributed by atoms with Gasteiger partial charge in [-0.2, -0.15) is 4.40 Å². The van der Waals surface area contributed by atoms with Crippen molar-refractivity contribution in [3.63, 3.8) is 0 Å². The van der Waals surface area contributed by atoms with Crippen molar-refractivity contribution in [1.82, 2.24) is 9.55 Å². The minimum Gasteiger partial charge on any atom is -0.252 e. The molecule has 0 unspecified atom stereocenters. The zero-order valence-corrected chi connectivity index (χ0v) is 19.5. The quantitative estimate of drug-likeness (QED) is 0.251. The van der Waals surface area contributed by atoms with Crippen molar-refractivity contribution in [2.24, 2.45) is 18.9 Å². The third-order valence-electron chi connectivity index (χ3n) is 6.33. The number of fused-ring (bicyclic) bond motifs is 8. The van der Waals surface area contributed by atoms with Crippen molar-refractivity contribution < 1.29 is 4.40 Å². The summed E-state index contributed by atoms with van der Waals surface area (Å²) in [6.07, 6.45) is 2.10. The van der Waals surface area contributed by atoms with E-state index in [-0.39, 0.29) is 0 Å². The highest BCUT2D eigenvalue weighted by atomic mass is 15.1. The van der Waals surface area contributed by atoms with Crippen LogP contribution in [0.4, 0.5) is 0 Å². The lowest BCUT2D eigenvalue weighted by molar-refractivity contribution is -0.449. The van der Waals surface area contributed by atoms with Gasteiger partial charge in [0.1, 0.15) is 5.52 Å². The molecule has 0 aliphatic rings. The van der Waals surface area contributed by atoms with Gasteiger partial charge in [0.05, 0.1) is 18.0 Å². The van der Waals surface area contributed by atoms with Crippen molar-refractivity contribution in [3.05, 3.63) is 65.4 Å². The first-order valence-electron chi connectivity index (χ1n) is 11.5. The van der Waals surface area contributed by atoms with Crippen LogP contribution in [0.1, 0.15) is 44.5 Å². The molecule has 0 fully saturated rings. The minimum atomic E-state index is 0.589. The van der Waals surface area contributed by atoms with Gasteiger partial charge in [0.2, 0.25) is 0 Å². The van der Waals surface area contributed by atoms with Crippen LogP contribution in [0.2, 0.25) is 0 Å². The molecule has 5 rings (SSSR count). The summed E-state index contributed by atoms with van der Waals surface area (Å²) in [4.78, 5) is 5.20. The van der Waals surface area contributed by atoms with Crippen LogP contribution in [-0.4, -0.2) is 9.55 Å². The van der Waals surface area contributed by atoms with Crippen LogP contribution < -0.4 is 4.40 Å². The second-order valence-electron chi connectivity index (χ2n) is 9.91. The van der Waals surface area contributed by atoms with E-state index in [1.54, 1.807) is 0 Å². The topological polar surface area (TPSA) is 21.9 Å². The molecule has 0 amide bonds. The average Bonchev–Trinajstić information content (AvgIpc) is 2.99. The van der Waals surface area contributed by atoms with Crippen molar-refractivity contribution >= 4 is 38.5 Å². The maximum Gasteiger partial charge on any atom is 0.297 e. The molecule has 0 aliphatic heterocycles. The molecule has 3 heteroatoms. The third kappa shape index (κ3) is 3.18. The van der Waals surface area contributed by atoms with E-state index in [0.717, 1.165) is 18.4 Å². The molecule has 158 valence electrons. The number of rotatable bonds is 4. The highest BCUT2D eigenvalue weighted by molar-refractivity contribution is 6.09. The molecule has 0 aliphatic carbocycles. The molecule has 0 saturated carbocycles. The third-order valence-corrected chi connectivity index (χ3v) is 6.33. The molecule has 3 heterocycles. The number of nitrogens with zero attached hydrogens (tertiary/aromatic N) is 3. The maximum atomic E-state index is 5.20. The summed E-state index contributed by atoms with van der Waals surface area (Å²) < 4.78 is 4.80. The second kappa shape index (κ2) is 7.33. The number of para-hydroxylation sites is 1. The normalized spacial score (nSPS) is 12.4. The first kappa shape index (κ1) is 20.0. The molecule has 2 aromatic carbocycles. The van der Waals surface area contributed by atoms with E-state index < -0.39 is 0 Å². The van der Waals surface area contributed by atoms with Crippen LogP contribution in [0.25, 0.3) is 38.5 Å². The summed E-state index contributed by atoms with van der Waals surface area (Å²) in [7, 11) is 2.20. The Hall–Kier alpha value is -2.94. The van der Waals surface area contributed by atoms with E-state index in [4.69, 9.17) is 4.98 Å². The van der Waals surface area contributed by atoms with Gasteiger partial charge in [-0.15, -0.1) is 0 Å². The Labute approximate surface area is 184 Å². The number of hydrogen-bond donors (Lipinski definition) is 0. The van der Waals surface area contributed by atoms with Crippen LogP contribution in [0, 0.1) is 18.8 Å². The van der Waals surface area contributed by atoms with Crippen molar-refractivity contribution in [2.45, 2.75) is 47.5 Å². The Morgan fingerprint density at radius 2 is 1.65 bits per heavy atom. The Morgan fingerprint density at radius 3 is 2.39 bits per heavy atom. The molecule has 5 aromatic rings. The predicted octanol–water partition coefficient (Wildman–Crippen LogP) is 6.32. The second-order valence-corrected chi connectivity index (χ2v) is 9.91. The van der Waals surface area contributed by atoms with E-state index >= 15 is 0 Å². The monoisotopic (exact) mass is 410 g/mol. The predicted molar refractivity (Wildman–Crippen MR) is 131 cm³/mol. The number of pyridine rings is 2. The van der Waals surface area contributed by atoms with Crippen LogP contribution in [0.5, 0.6) is 0 Å². The van der Waals surface area contributed by atoms with Gasteiger partial charge in [0.15, 0.2) is 11.0 Å². The Balaban J connectivity index is 1.97.